The fraction of sp³-hybridized carbons (Fsp3) is 0.211. The lowest BCUT2D eigenvalue weighted by atomic mass is 10.1. The number of carboxylic acids is 1. The quantitative estimate of drug-likeness (QED) is 0.477. The van der Waals surface area contributed by atoms with Gasteiger partial charge in [0.2, 0.25) is 0 Å². The van der Waals surface area contributed by atoms with Crippen molar-refractivity contribution in [2.24, 2.45) is 0 Å². The minimum Gasteiger partial charge on any atom is -0.548 e. The molecule has 1 aliphatic rings. The van der Waals surface area contributed by atoms with Gasteiger partial charge in [-0.1, -0.05) is 65.4 Å². The fourth-order valence-corrected chi connectivity index (χ4v) is 4.30. The summed E-state index contributed by atoms with van der Waals surface area (Å²) in [4.78, 5) is 25.5. The predicted molar refractivity (Wildman–Crippen MR) is 111 cm³/mol. The second-order valence-corrected chi connectivity index (χ2v) is 8.48. The summed E-state index contributed by atoms with van der Waals surface area (Å²) in [6.45, 7) is 1.84. The van der Waals surface area contributed by atoms with E-state index in [9.17, 15) is 14.7 Å². The Labute approximate surface area is 174 Å². The number of furan rings is 1. The normalized spacial score (nSPS) is 17.0. The number of aliphatic carboxylic acids is 1. The van der Waals surface area contributed by atoms with Crippen LogP contribution in [0.2, 0.25) is 0 Å². The molecule has 2 aromatic rings. The van der Waals surface area contributed by atoms with E-state index in [1.165, 1.54) is 0 Å². The zero-order valence-electron chi connectivity index (χ0n) is 14.3. The maximum Gasteiger partial charge on any atom is 0.266 e. The Morgan fingerprint density at radius 1 is 1.33 bits per heavy atom. The standard InChI is InChI=1S/C19H16BrNO4S2/c1-2-3-14(18(23)24)21-17(22)16(27-19(21)26)10-13-8-9-15(25-13)11-4-6-12(20)7-5-11/h4-10,14H,2-3H2,1H3,(H,23,24)/p-1/b16-10-/t14-/m0/s1. The number of halogens is 1. The molecule has 140 valence electrons. The molecule has 1 atom stereocenters. The summed E-state index contributed by atoms with van der Waals surface area (Å²) >= 11 is 9.67. The van der Waals surface area contributed by atoms with Crippen LogP contribution in [0.15, 0.2) is 50.2 Å². The summed E-state index contributed by atoms with van der Waals surface area (Å²) in [7, 11) is 0. The molecule has 1 amide bonds. The number of amides is 1. The van der Waals surface area contributed by atoms with Gasteiger partial charge >= 0.3 is 0 Å². The van der Waals surface area contributed by atoms with Crippen molar-refractivity contribution < 1.29 is 19.1 Å². The van der Waals surface area contributed by atoms with Crippen LogP contribution in [-0.4, -0.2) is 27.1 Å². The molecule has 1 fully saturated rings. The number of carbonyl (C=O) groups is 2. The lowest BCUT2D eigenvalue weighted by Gasteiger charge is -2.27. The Kier molecular flexibility index (Phi) is 6.18. The Morgan fingerprint density at radius 3 is 2.67 bits per heavy atom. The van der Waals surface area contributed by atoms with Gasteiger partial charge in [0, 0.05) is 16.1 Å². The highest BCUT2D eigenvalue weighted by molar-refractivity contribution is 9.10. The molecule has 0 spiro atoms. The molecule has 27 heavy (non-hydrogen) atoms. The highest BCUT2D eigenvalue weighted by atomic mass is 79.9. The molecule has 0 radical (unpaired) electrons. The van der Waals surface area contributed by atoms with E-state index in [4.69, 9.17) is 16.6 Å². The van der Waals surface area contributed by atoms with Crippen LogP contribution in [0, 0.1) is 0 Å². The zero-order valence-corrected chi connectivity index (χ0v) is 17.5. The van der Waals surface area contributed by atoms with Gasteiger partial charge in [-0.05, 0) is 30.7 Å². The molecule has 1 aromatic carbocycles. The van der Waals surface area contributed by atoms with Gasteiger partial charge < -0.3 is 14.3 Å². The molecule has 3 rings (SSSR count). The third-order valence-electron chi connectivity index (χ3n) is 4.00. The number of benzene rings is 1. The largest absolute Gasteiger partial charge is 0.548 e. The molecule has 1 aromatic heterocycles. The molecule has 8 heteroatoms. The van der Waals surface area contributed by atoms with Gasteiger partial charge in [0.15, 0.2) is 0 Å². The van der Waals surface area contributed by atoms with Gasteiger partial charge in [-0.25, -0.2) is 0 Å². The second kappa shape index (κ2) is 8.41. The smallest absolute Gasteiger partial charge is 0.266 e. The molecule has 0 bridgehead atoms. The number of hydrogen-bond acceptors (Lipinski definition) is 6. The minimum absolute atomic E-state index is 0.216. The summed E-state index contributed by atoms with van der Waals surface area (Å²) in [5.74, 6) is -0.573. The number of carbonyl (C=O) groups excluding carboxylic acids is 2. The Morgan fingerprint density at radius 2 is 2.04 bits per heavy atom. The van der Waals surface area contributed by atoms with Crippen molar-refractivity contribution in [1.82, 2.24) is 4.90 Å². The molecule has 5 nitrogen and oxygen atoms in total. The molecule has 2 heterocycles. The average molecular weight is 465 g/mol. The topological polar surface area (TPSA) is 73.6 Å². The molecule has 0 N–H and O–H groups in total. The number of hydrogen-bond donors (Lipinski definition) is 0. The van der Waals surface area contributed by atoms with Crippen LogP contribution in [0.1, 0.15) is 25.5 Å². The summed E-state index contributed by atoms with van der Waals surface area (Å²) in [5, 5.41) is 11.4. The van der Waals surface area contributed by atoms with E-state index in [1.54, 1.807) is 12.1 Å². The minimum atomic E-state index is -1.30. The third-order valence-corrected chi connectivity index (χ3v) is 5.86. The average Bonchev–Trinajstić information content (AvgIpc) is 3.19. The van der Waals surface area contributed by atoms with Crippen molar-refractivity contribution in [2.75, 3.05) is 0 Å². The van der Waals surface area contributed by atoms with Crippen LogP contribution in [0.25, 0.3) is 17.4 Å². The maximum atomic E-state index is 12.7. The molecular weight excluding hydrogens is 450 g/mol. The first-order chi connectivity index (χ1) is 12.9. The number of thioether (sulfide) groups is 1. The highest BCUT2D eigenvalue weighted by Crippen LogP contribution is 2.35. The van der Waals surface area contributed by atoms with Crippen LogP contribution >= 0.6 is 39.9 Å². The Hall–Kier alpha value is -1.90. The van der Waals surface area contributed by atoms with Gasteiger partial charge in [0.05, 0.1) is 16.9 Å². The van der Waals surface area contributed by atoms with Gasteiger partial charge in [0.25, 0.3) is 5.91 Å². The van der Waals surface area contributed by atoms with Crippen LogP contribution in [-0.2, 0) is 9.59 Å². The maximum absolute atomic E-state index is 12.7. The van der Waals surface area contributed by atoms with E-state index in [0.29, 0.717) is 22.8 Å². The fourth-order valence-electron chi connectivity index (χ4n) is 2.70. The summed E-state index contributed by atoms with van der Waals surface area (Å²) in [6.07, 6.45) is 2.47. The first-order valence-corrected chi connectivity index (χ1v) is 10.3. The first-order valence-electron chi connectivity index (χ1n) is 8.24. The van der Waals surface area contributed by atoms with E-state index in [1.807, 2.05) is 37.3 Å². The first kappa shape index (κ1) is 19.9. The van der Waals surface area contributed by atoms with Crippen molar-refractivity contribution >= 4 is 62.2 Å². The summed E-state index contributed by atoms with van der Waals surface area (Å²) in [5.41, 5.74) is 0.908. The molecule has 0 unspecified atom stereocenters. The van der Waals surface area contributed by atoms with E-state index >= 15 is 0 Å². The van der Waals surface area contributed by atoms with Crippen molar-refractivity contribution in [2.45, 2.75) is 25.8 Å². The van der Waals surface area contributed by atoms with Crippen LogP contribution in [0.4, 0.5) is 0 Å². The number of nitrogens with zero attached hydrogens (tertiary/aromatic N) is 1. The van der Waals surface area contributed by atoms with Crippen molar-refractivity contribution in [3.8, 4) is 11.3 Å². The zero-order chi connectivity index (χ0) is 19.6. The molecule has 0 saturated carbocycles. The van der Waals surface area contributed by atoms with Crippen molar-refractivity contribution in [1.29, 1.82) is 0 Å². The van der Waals surface area contributed by atoms with Gasteiger partial charge in [-0.2, -0.15) is 0 Å². The van der Waals surface area contributed by atoms with E-state index in [-0.39, 0.29) is 10.7 Å². The van der Waals surface area contributed by atoms with E-state index in [0.717, 1.165) is 26.7 Å². The second-order valence-electron chi connectivity index (χ2n) is 5.88. The van der Waals surface area contributed by atoms with E-state index < -0.39 is 17.9 Å². The van der Waals surface area contributed by atoms with Crippen LogP contribution < -0.4 is 5.11 Å². The Bertz CT molecular complexity index is 920. The van der Waals surface area contributed by atoms with Gasteiger partial charge in [-0.3, -0.25) is 9.69 Å². The van der Waals surface area contributed by atoms with Crippen LogP contribution in [0.3, 0.4) is 0 Å². The number of rotatable bonds is 6. The lowest BCUT2D eigenvalue weighted by molar-refractivity contribution is -0.310. The van der Waals surface area contributed by atoms with Crippen molar-refractivity contribution in [3.63, 3.8) is 0 Å². The number of thiocarbonyl (C=S) groups is 1. The summed E-state index contributed by atoms with van der Waals surface area (Å²) in [6, 6.07) is 10.2. The highest BCUT2D eigenvalue weighted by Gasteiger charge is 2.37. The third kappa shape index (κ3) is 4.34. The van der Waals surface area contributed by atoms with Gasteiger partial charge in [-0.15, -0.1) is 0 Å². The summed E-state index contributed by atoms with van der Waals surface area (Å²) < 4.78 is 6.98. The number of carboxylic acid groups (broad SMARTS) is 1. The predicted octanol–water partition coefficient (Wildman–Crippen LogP) is 3.83. The molecule has 0 aliphatic carbocycles. The Balaban J connectivity index is 1.84. The molecule has 1 saturated heterocycles. The SMILES string of the molecule is CCC[C@@H](C(=O)[O-])N1C(=O)/C(=C/c2ccc(-c3ccc(Br)cc3)o2)SC1=S. The van der Waals surface area contributed by atoms with Crippen LogP contribution in [0.5, 0.6) is 0 Å². The lowest BCUT2D eigenvalue weighted by Crippen LogP contribution is -2.49. The van der Waals surface area contributed by atoms with Gasteiger partial charge in [0.1, 0.15) is 15.8 Å². The molecular formula is C19H15BrNO4S2-. The monoisotopic (exact) mass is 464 g/mol. The molecule has 1 aliphatic heterocycles. The van der Waals surface area contributed by atoms with Crippen molar-refractivity contribution in [3.05, 3.63) is 51.5 Å². The van der Waals surface area contributed by atoms with E-state index in [2.05, 4.69) is 15.9 Å².